The minimum absolute atomic E-state index is 0.102. The van der Waals surface area contributed by atoms with E-state index in [9.17, 15) is 15.0 Å². The van der Waals surface area contributed by atoms with Crippen LogP contribution in [0.3, 0.4) is 0 Å². The van der Waals surface area contributed by atoms with Crippen LogP contribution in [0.15, 0.2) is 39.9 Å². The Morgan fingerprint density at radius 1 is 1.26 bits per heavy atom. The number of carbonyl (C=O) groups is 1. The van der Waals surface area contributed by atoms with Gasteiger partial charge in [0.05, 0.1) is 6.21 Å². The number of amides is 1. The van der Waals surface area contributed by atoms with E-state index < -0.39 is 5.91 Å². The summed E-state index contributed by atoms with van der Waals surface area (Å²) in [5.74, 6) is 0.305. The van der Waals surface area contributed by atoms with Crippen LogP contribution in [0, 0.1) is 6.92 Å². The Morgan fingerprint density at radius 3 is 2.53 bits per heavy atom. The van der Waals surface area contributed by atoms with E-state index >= 15 is 0 Å². The molecule has 2 aromatic rings. The first-order chi connectivity index (χ1) is 9.04. The van der Waals surface area contributed by atoms with E-state index in [1.165, 1.54) is 18.3 Å². The molecule has 0 radical (unpaired) electrons. The average molecular weight is 260 g/mol. The third-order valence-electron chi connectivity index (χ3n) is 2.28. The summed E-state index contributed by atoms with van der Waals surface area (Å²) in [6, 6.07) is 7.07. The number of phenols is 2. The normalized spacial score (nSPS) is 10.8. The largest absolute Gasteiger partial charge is 0.508 e. The number of hydrazone groups is 1. The smallest absolute Gasteiger partial charge is 0.271 e. The maximum atomic E-state index is 11.7. The first kappa shape index (κ1) is 12.7. The summed E-state index contributed by atoms with van der Waals surface area (Å²) in [6.07, 6.45) is 1.35. The molecule has 6 heteroatoms. The fraction of sp³-hybridized carbons (Fsp3) is 0.0769. The molecule has 0 aliphatic rings. The van der Waals surface area contributed by atoms with E-state index in [0.29, 0.717) is 5.76 Å². The fourth-order valence-electron chi connectivity index (χ4n) is 1.47. The molecular formula is C13H12N2O4. The summed E-state index contributed by atoms with van der Waals surface area (Å²) in [7, 11) is 0. The predicted molar refractivity (Wildman–Crippen MR) is 68.3 cm³/mol. The molecule has 0 unspecified atom stereocenters. The van der Waals surface area contributed by atoms with E-state index in [1.54, 1.807) is 19.1 Å². The van der Waals surface area contributed by atoms with Gasteiger partial charge in [0.15, 0.2) is 0 Å². The van der Waals surface area contributed by atoms with Gasteiger partial charge in [-0.3, -0.25) is 4.79 Å². The lowest BCUT2D eigenvalue weighted by molar-refractivity contribution is 0.0954. The lowest BCUT2D eigenvalue weighted by Gasteiger charge is -2.01. The van der Waals surface area contributed by atoms with Crippen LogP contribution < -0.4 is 5.43 Å². The molecule has 0 fully saturated rings. The Balaban J connectivity index is 2.03. The molecular weight excluding hydrogens is 248 g/mol. The second-order valence-corrected chi connectivity index (χ2v) is 3.89. The second kappa shape index (κ2) is 5.26. The lowest BCUT2D eigenvalue weighted by atomic mass is 10.2. The Hall–Kier alpha value is -2.76. The van der Waals surface area contributed by atoms with Crippen molar-refractivity contribution in [2.75, 3.05) is 0 Å². The number of furan rings is 1. The topological polar surface area (TPSA) is 95.1 Å². The highest BCUT2D eigenvalue weighted by atomic mass is 16.3. The summed E-state index contributed by atoms with van der Waals surface area (Å²) in [4.78, 5) is 11.7. The van der Waals surface area contributed by atoms with Crippen LogP contribution in [0.2, 0.25) is 0 Å². The Labute approximate surface area is 109 Å². The first-order valence-electron chi connectivity index (χ1n) is 5.47. The first-order valence-corrected chi connectivity index (χ1v) is 5.47. The van der Waals surface area contributed by atoms with Gasteiger partial charge in [0.25, 0.3) is 5.91 Å². The van der Waals surface area contributed by atoms with E-state index in [-0.39, 0.29) is 17.1 Å². The van der Waals surface area contributed by atoms with Gasteiger partial charge in [-0.15, -0.1) is 0 Å². The van der Waals surface area contributed by atoms with Gasteiger partial charge in [-0.25, -0.2) is 5.43 Å². The lowest BCUT2D eigenvalue weighted by Crippen LogP contribution is -2.17. The summed E-state index contributed by atoms with van der Waals surface area (Å²) in [5, 5.41) is 22.2. The number of nitrogens with zero attached hydrogens (tertiary/aromatic N) is 1. The number of carbonyl (C=O) groups excluding carboxylic acids is 1. The second-order valence-electron chi connectivity index (χ2n) is 3.89. The molecule has 6 nitrogen and oxygen atoms in total. The third kappa shape index (κ3) is 3.35. The summed E-state index contributed by atoms with van der Waals surface area (Å²) in [6.45, 7) is 1.80. The zero-order chi connectivity index (χ0) is 13.8. The van der Waals surface area contributed by atoms with Crippen LogP contribution in [0.25, 0.3) is 0 Å². The Kier molecular flexibility index (Phi) is 3.51. The highest BCUT2D eigenvalue weighted by Crippen LogP contribution is 2.20. The molecule has 0 aliphatic carbocycles. The number of phenolic OH excluding ortho intramolecular Hbond substituents is 2. The van der Waals surface area contributed by atoms with Gasteiger partial charge in [-0.1, -0.05) is 0 Å². The van der Waals surface area contributed by atoms with E-state index in [1.807, 2.05) is 0 Å². The number of benzene rings is 1. The van der Waals surface area contributed by atoms with Crippen LogP contribution >= 0.6 is 0 Å². The monoisotopic (exact) mass is 260 g/mol. The number of aryl methyl sites for hydroxylation is 1. The van der Waals surface area contributed by atoms with Crippen molar-refractivity contribution < 1.29 is 19.4 Å². The SMILES string of the molecule is Cc1ccc(C=NNC(=O)c2cc(O)cc(O)c2)o1. The van der Waals surface area contributed by atoms with Crippen molar-refractivity contribution in [1.82, 2.24) is 5.43 Å². The average Bonchev–Trinajstić information content (AvgIpc) is 2.73. The molecule has 98 valence electrons. The molecule has 1 amide bonds. The number of nitrogens with one attached hydrogen (secondary N) is 1. The van der Waals surface area contributed by atoms with Crippen LogP contribution in [-0.2, 0) is 0 Å². The molecule has 0 atom stereocenters. The molecule has 0 aliphatic heterocycles. The molecule has 0 bridgehead atoms. The highest BCUT2D eigenvalue weighted by molar-refractivity contribution is 5.95. The Bertz CT molecular complexity index is 611. The van der Waals surface area contributed by atoms with Crippen molar-refractivity contribution in [3.8, 4) is 11.5 Å². The van der Waals surface area contributed by atoms with Crippen LogP contribution in [0.4, 0.5) is 0 Å². The summed E-state index contributed by atoms with van der Waals surface area (Å²) in [5.41, 5.74) is 2.36. The van der Waals surface area contributed by atoms with Gasteiger partial charge in [0.1, 0.15) is 23.0 Å². The van der Waals surface area contributed by atoms with Crippen molar-refractivity contribution in [1.29, 1.82) is 0 Å². The molecule has 19 heavy (non-hydrogen) atoms. The van der Waals surface area contributed by atoms with Crippen molar-refractivity contribution in [2.24, 2.45) is 5.10 Å². The van der Waals surface area contributed by atoms with Gasteiger partial charge in [-0.2, -0.15) is 5.10 Å². The van der Waals surface area contributed by atoms with Crippen molar-refractivity contribution in [2.45, 2.75) is 6.92 Å². The van der Waals surface area contributed by atoms with E-state index in [2.05, 4.69) is 10.5 Å². The minimum atomic E-state index is -0.550. The number of rotatable bonds is 3. The standard InChI is InChI=1S/C13H12N2O4/c1-8-2-3-12(19-8)7-14-15-13(18)9-4-10(16)6-11(17)5-9/h2-7,16-17H,1H3,(H,15,18). The van der Waals surface area contributed by atoms with E-state index in [0.717, 1.165) is 11.8 Å². The molecule has 3 N–H and O–H groups in total. The molecule has 1 heterocycles. The van der Waals surface area contributed by atoms with Gasteiger partial charge < -0.3 is 14.6 Å². The summed E-state index contributed by atoms with van der Waals surface area (Å²) >= 11 is 0. The van der Waals surface area contributed by atoms with Crippen LogP contribution in [-0.4, -0.2) is 22.3 Å². The maximum absolute atomic E-state index is 11.7. The van der Waals surface area contributed by atoms with Gasteiger partial charge in [0, 0.05) is 11.6 Å². The summed E-state index contributed by atoms with van der Waals surface area (Å²) < 4.78 is 5.23. The number of aromatic hydroxyl groups is 2. The molecule has 0 spiro atoms. The van der Waals surface area contributed by atoms with Crippen molar-refractivity contribution in [3.63, 3.8) is 0 Å². The zero-order valence-corrected chi connectivity index (χ0v) is 10.1. The van der Waals surface area contributed by atoms with Gasteiger partial charge in [0.2, 0.25) is 0 Å². The Morgan fingerprint density at radius 2 is 1.95 bits per heavy atom. The van der Waals surface area contributed by atoms with Crippen LogP contribution in [0.5, 0.6) is 11.5 Å². The molecule has 1 aromatic heterocycles. The van der Waals surface area contributed by atoms with Gasteiger partial charge in [-0.05, 0) is 31.2 Å². The fourth-order valence-corrected chi connectivity index (χ4v) is 1.47. The molecule has 0 saturated heterocycles. The van der Waals surface area contributed by atoms with Crippen LogP contribution in [0.1, 0.15) is 21.9 Å². The number of hydrogen-bond acceptors (Lipinski definition) is 5. The van der Waals surface area contributed by atoms with Crippen molar-refractivity contribution >= 4 is 12.1 Å². The predicted octanol–water partition coefficient (Wildman–Crippen LogP) is 1.76. The quantitative estimate of drug-likeness (QED) is 0.579. The number of hydrogen-bond donors (Lipinski definition) is 3. The third-order valence-corrected chi connectivity index (χ3v) is 2.28. The molecule has 1 aromatic carbocycles. The van der Waals surface area contributed by atoms with Crippen molar-refractivity contribution in [3.05, 3.63) is 47.4 Å². The minimum Gasteiger partial charge on any atom is -0.508 e. The molecule has 0 saturated carbocycles. The maximum Gasteiger partial charge on any atom is 0.271 e. The zero-order valence-electron chi connectivity index (χ0n) is 10.1. The highest BCUT2D eigenvalue weighted by Gasteiger charge is 2.07. The van der Waals surface area contributed by atoms with Gasteiger partial charge >= 0.3 is 0 Å². The molecule has 2 rings (SSSR count). The van der Waals surface area contributed by atoms with E-state index in [4.69, 9.17) is 4.42 Å².